The second-order valence-corrected chi connectivity index (χ2v) is 4.41. The van der Waals surface area contributed by atoms with Gasteiger partial charge in [0, 0.05) is 24.9 Å². The lowest BCUT2D eigenvalue weighted by Gasteiger charge is -2.07. The van der Waals surface area contributed by atoms with Gasteiger partial charge in [-0.05, 0) is 19.1 Å². The van der Waals surface area contributed by atoms with Crippen LogP contribution in [-0.4, -0.2) is 32.0 Å². The largest absolute Gasteiger partial charge is 0.353 e. The Labute approximate surface area is 120 Å². The number of nitrogens with zero attached hydrogens (tertiary/aromatic N) is 4. The summed E-state index contributed by atoms with van der Waals surface area (Å²) < 4.78 is 2.34. The summed E-state index contributed by atoms with van der Waals surface area (Å²) in [5.41, 5.74) is 0.0856. The van der Waals surface area contributed by atoms with Crippen molar-refractivity contribution in [3.63, 3.8) is 0 Å². The fraction of sp³-hybridized carbons (Fsp3) is 0.308. The van der Waals surface area contributed by atoms with E-state index in [9.17, 15) is 14.4 Å². The maximum absolute atomic E-state index is 11.7. The highest BCUT2D eigenvalue weighted by atomic mass is 16.2. The molecule has 2 rings (SSSR count). The Morgan fingerprint density at radius 3 is 2.71 bits per heavy atom. The normalized spacial score (nSPS) is 10.3. The van der Waals surface area contributed by atoms with Gasteiger partial charge in [-0.15, -0.1) is 0 Å². The summed E-state index contributed by atoms with van der Waals surface area (Å²) in [6.07, 6.45) is 1.50. The van der Waals surface area contributed by atoms with E-state index in [4.69, 9.17) is 0 Å². The smallest absolute Gasteiger partial charge is 0.267 e. The standard InChI is InChI=1S/C13H15N5O3/c1-10-4-5-13(21)18(16-10)9-11(19)14-7-8-17-12(20)3-2-6-15-17/h2-6H,7-9H2,1H3,(H,14,19). The number of nitrogens with one attached hydrogen (secondary N) is 1. The topological polar surface area (TPSA) is 98.9 Å². The van der Waals surface area contributed by atoms with Gasteiger partial charge in [-0.3, -0.25) is 14.4 Å². The number of carbonyl (C=O) groups is 1. The fourth-order valence-corrected chi connectivity index (χ4v) is 1.71. The molecule has 2 heterocycles. The molecule has 0 spiro atoms. The first-order chi connectivity index (χ1) is 10.1. The number of hydrogen-bond acceptors (Lipinski definition) is 5. The van der Waals surface area contributed by atoms with E-state index in [0.29, 0.717) is 5.69 Å². The number of aryl methyl sites for hydroxylation is 1. The molecule has 21 heavy (non-hydrogen) atoms. The van der Waals surface area contributed by atoms with Gasteiger partial charge >= 0.3 is 0 Å². The molecule has 2 aromatic heterocycles. The molecule has 0 aliphatic carbocycles. The van der Waals surface area contributed by atoms with E-state index in [1.807, 2.05) is 0 Å². The molecule has 0 fully saturated rings. The van der Waals surface area contributed by atoms with Gasteiger partial charge in [0.15, 0.2) is 0 Å². The van der Waals surface area contributed by atoms with Crippen LogP contribution in [0.2, 0.25) is 0 Å². The quantitative estimate of drug-likeness (QED) is 0.755. The SMILES string of the molecule is Cc1ccc(=O)n(CC(=O)NCCn2ncccc2=O)n1. The van der Waals surface area contributed by atoms with Gasteiger partial charge in [-0.1, -0.05) is 0 Å². The summed E-state index contributed by atoms with van der Waals surface area (Å²) in [6.45, 7) is 2.09. The van der Waals surface area contributed by atoms with Crippen molar-refractivity contribution in [3.05, 3.63) is 56.9 Å². The molecule has 0 aliphatic heterocycles. The molecular weight excluding hydrogens is 274 g/mol. The lowest BCUT2D eigenvalue weighted by atomic mass is 10.4. The van der Waals surface area contributed by atoms with Gasteiger partial charge in [0.25, 0.3) is 11.1 Å². The Morgan fingerprint density at radius 1 is 1.19 bits per heavy atom. The molecule has 0 radical (unpaired) electrons. The lowest BCUT2D eigenvalue weighted by molar-refractivity contribution is -0.121. The summed E-state index contributed by atoms with van der Waals surface area (Å²) in [6, 6.07) is 5.89. The highest BCUT2D eigenvalue weighted by molar-refractivity contribution is 5.75. The van der Waals surface area contributed by atoms with Crippen molar-refractivity contribution in [2.24, 2.45) is 0 Å². The monoisotopic (exact) mass is 289 g/mol. The second-order valence-electron chi connectivity index (χ2n) is 4.41. The van der Waals surface area contributed by atoms with Crippen LogP contribution in [0.1, 0.15) is 5.69 Å². The number of rotatable bonds is 5. The van der Waals surface area contributed by atoms with Crippen LogP contribution in [-0.2, 0) is 17.9 Å². The van der Waals surface area contributed by atoms with Crippen LogP contribution in [0.4, 0.5) is 0 Å². The van der Waals surface area contributed by atoms with Crippen molar-refractivity contribution < 1.29 is 4.79 Å². The van der Waals surface area contributed by atoms with E-state index in [0.717, 1.165) is 4.68 Å². The van der Waals surface area contributed by atoms with Crippen molar-refractivity contribution in [3.8, 4) is 0 Å². The first-order valence-corrected chi connectivity index (χ1v) is 6.40. The van der Waals surface area contributed by atoms with E-state index < -0.39 is 0 Å². The predicted molar refractivity (Wildman–Crippen MR) is 74.7 cm³/mol. The van der Waals surface area contributed by atoms with Crippen LogP contribution >= 0.6 is 0 Å². The number of hydrogen-bond donors (Lipinski definition) is 1. The molecule has 0 aromatic carbocycles. The predicted octanol–water partition coefficient (Wildman–Crippen LogP) is -1.08. The molecule has 0 bridgehead atoms. The number of carbonyl (C=O) groups excluding carboxylic acids is 1. The van der Waals surface area contributed by atoms with Gasteiger partial charge in [0.1, 0.15) is 6.54 Å². The maximum Gasteiger partial charge on any atom is 0.267 e. The van der Waals surface area contributed by atoms with Crippen LogP contribution in [0.25, 0.3) is 0 Å². The van der Waals surface area contributed by atoms with Gasteiger partial charge in [-0.2, -0.15) is 10.2 Å². The Morgan fingerprint density at radius 2 is 1.95 bits per heavy atom. The molecular formula is C13H15N5O3. The van der Waals surface area contributed by atoms with E-state index in [1.165, 1.54) is 23.0 Å². The average molecular weight is 289 g/mol. The number of aromatic nitrogens is 4. The zero-order valence-electron chi connectivity index (χ0n) is 11.5. The summed E-state index contributed by atoms with van der Waals surface area (Å²) in [5, 5.41) is 10.5. The summed E-state index contributed by atoms with van der Waals surface area (Å²) in [5.74, 6) is -0.348. The third kappa shape index (κ3) is 4.10. The van der Waals surface area contributed by atoms with Crippen LogP contribution in [0.3, 0.4) is 0 Å². The first-order valence-electron chi connectivity index (χ1n) is 6.40. The molecule has 1 amide bonds. The highest BCUT2D eigenvalue weighted by Gasteiger charge is 2.05. The molecule has 0 saturated heterocycles. The molecule has 110 valence electrons. The van der Waals surface area contributed by atoms with Gasteiger partial charge in [0.2, 0.25) is 5.91 Å². The van der Waals surface area contributed by atoms with E-state index in [1.54, 1.807) is 19.1 Å². The zero-order chi connectivity index (χ0) is 15.2. The molecule has 8 heteroatoms. The van der Waals surface area contributed by atoms with E-state index in [-0.39, 0.29) is 36.7 Å². The molecule has 0 aliphatic rings. The van der Waals surface area contributed by atoms with Crippen LogP contribution in [0.5, 0.6) is 0 Å². The average Bonchev–Trinajstić information content (AvgIpc) is 2.45. The summed E-state index contributed by atoms with van der Waals surface area (Å²) in [4.78, 5) is 34.6. The minimum Gasteiger partial charge on any atom is -0.353 e. The molecule has 0 unspecified atom stereocenters. The van der Waals surface area contributed by atoms with Crippen LogP contribution in [0.15, 0.2) is 40.1 Å². The van der Waals surface area contributed by atoms with Gasteiger partial charge in [-0.25, -0.2) is 9.36 Å². The summed E-state index contributed by atoms with van der Waals surface area (Å²) >= 11 is 0. The third-order valence-electron chi connectivity index (χ3n) is 2.72. The summed E-state index contributed by atoms with van der Waals surface area (Å²) in [7, 11) is 0. The molecule has 1 N–H and O–H groups in total. The fourth-order valence-electron chi connectivity index (χ4n) is 1.71. The van der Waals surface area contributed by atoms with Crippen LogP contribution < -0.4 is 16.4 Å². The first kappa shape index (κ1) is 14.6. The number of amides is 1. The highest BCUT2D eigenvalue weighted by Crippen LogP contribution is 1.86. The molecule has 8 nitrogen and oxygen atoms in total. The van der Waals surface area contributed by atoms with E-state index >= 15 is 0 Å². The van der Waals surface area contributed by atoms with Gasteiger partial charge in [0.05, 0.1) is 12.2 Å². The van der Waals surface area contributed by atoms with Gasteiger partial charge < -0.3 is 5.32 Å². The van der Waals surface area contributed by atoms with Crippen molar-refractivity contribution >= 4 is 5.91 Å². The van der Waals surface area contributed by atoms with Crippen molar-refractivity contribution in [2.75, 3.05) is 6.54 Å². The lowest BCUT2D eigenvalue weighted by Crippen LogP contribution is -2.36. The Balaban J connectivity index is 1.88. The van der Waals surface area contributed by atoms with Crippen LogP contribution in [0, 0.1) is 6.92 Å². The van der Waals surface area contributed by atoms with Crippen molar-refractivity contribution in [1.82, 2.24) is 24.9 Å². The molecule has 0 atom stereocenters. The second kappa shape index (κ2) is 6.60. The minimum absolute atomic E-state index is 0.155. The van der Waals surface area contributed by atoms with Crippen molar-refractivity contribution in [2.45, 2.75) is 20.0 Å². The molecule has 0 saturated carbocycles. The third-order valence-corrected chi connectivity index (χ3v) is 2.72. The minimum atomic E-state index is -0.348. The maximum atomic E-state index is 11.7. The molecule has 2 aromatic rings. The Kier molecular flexibility index (Phi) is 4.60. The van der Waals surface area contributed by atoms with E-state index in [2.05, 4.69) is 15.5 Å². The Hall–Kier alpha value is -2.77. The zero-order valence-corrected chi connectivity index (χ0v) is 11.5. The van der Waals surface area contributed by atoms with Crippen molar-refractivity contribution in [1.29, 1.82) is 0 Å². The Bertz CT molecular complexity index is 750.